The smallest absolute Gasteiger partial charge is 0.281 e. The van der Waals surface area contributed by atoms with E-state index in [1.54, 1.807) is 33.3 Å². The number of hydrogen-bond donors (Lipinski definition) is 0. The van der Waals surface area contributed by atoms with Gasteiger partial charge in [0.25, 0.3) is 10.2 Å². The van der Waals surface area contributed by atoms with E-state index in [2.05, 4.69) is 9.97 Å². The molecule has 2 rings (SSSR count). The number of aromatic nitrogens is 2. The maximum atomic E-state index is 12.0. The largest absolute Gasteiger partial charge is 0.474 e. The topological polar surface area (TPSA) is 75.6 Å². The fourth-order valence-electron chi connectivity index (χ4n) is 2.08. The molecule has 0 N–H and O–H groups in total. The Morgan fingerprint density at radius 2 is 2.00 bits per heavy atom. The Hall–Kier alpha value is -1.25. The summed E-state index contributed by atoms with van der Waals surface area (Å²) in [5.74, 6) is 1.21. The second-order valence-electron chi connectivity index (χ2n) is 4.95. The van der Waals surface area contributed by atoms with Gasteiger partial charge in [0.05, 0.1) is 0 Å². The van der Waals surface area contributed by atoms with Crippen molar-refractivity contribution in [2.75, 3.05) is 27.2 Å². The fourth-order valence-corrected chi connectivity index (χ4v) is 3.22. The van der Waals surface area contributed by atoms with Gasteiger partial charge in [-0.05, 0) is 19.8 Å². The zero-order valence-corrected chi connectivity index (χ0v) is 12.8. The minimum atomic E-state index is -3.32. The van der Waals surface area contributed by atoms with E-state index in [0.717, 1.165) is 0 Å². The third-order valence-electron chi connectivity index (χ3n) is 3.23. The average molecular weight is 300 g/mol. The Balaban J connectivity index is 1.92. The molecule has 1 saturated heterocycles. The van der Waals surface area contributed by atoms with E-state index in [9.17, 15) is 8.42 Å². The summed E-state index contributed by atoms with van der Waals surface area (Å²) < 4.78 is 32.5. The van der Waals surface area contributed by atoms with E-state index >= 15 is 0 Å². The van der Waals surface area contributed by atoms with Crippen LogP contribution in [0.1, 0.15) is 18.7 Å². The van der Waals surface area contributed by atoms with Gasteiger partial charge in [0.15, 0.2) is 0 Å². The normalized spacial score (nSPS) is 18.4. The molecule has 7 nitrogen and oxygen atoms in total. The predicted molar refractivity (Wildman–Crippen MR) is 74.6 cm³/mol. The van der Waals surface area contributed by atoms with Crippen LogP contribution in [-0.2, 0) is 10.2 Å². The monoisotopic (exact) mass is 300 g/mol. The molecule has 0 radical (unpaired) electrons. The molecule has 2 heterocycles. The average Bonchev–Trinajstić information content (AvgIpc) is 2.39. The summed E-state index contributed by atoms with van der Waals surface area (Å²) in [4.78, 5) is 8.20. The predicted octanol–water partition coefficient (Wildman–Crippen LogP) is 0.435. The van der Waals surface area contributed by atoms with Crippen LogP contribution in [-0.4, -0.2) is 60.3 Å². The summed E-state index contributed by atoms with van der Waals surface area (Å²) in [5, 5.41) is 0. The molecule has 0 unspecified atom stereocenters. The highest BCUT2D eigenvalue weighted by molar-refractivity contribution is 7.86. The van der Waals surface area contributed by atoms with E-state index in [-0.39, 0.29) is 6.10 Å². The van der Waals surface area contributed by atoms with Crippen molar-refractivity contribution < 1.29 is 13.2 Å². The third-order valence-corrected chi connectivity index (χ3v) is 5.17. The Bertz CT molecular complexity index is 554. The molecule has 0 saturated carbocycles. The first kappa shape index (κ1) is 15.1. The molecular formula is C12H20N4O3S. The number of rotatable bonds is 4. The first-order valence-corrected chi connectivity index (χ1v) is 7.93. The van der Waals surface area contributed by atoms with Crippen molar-refractivity contribution in [1.82, 2.24) is 18.6 Å². The number of piperidine rings is 1. The van der Waals surface area contributed by atoms with E-state index in [1.807, 2.05) is 0 Å². The van der Waals surface area contributed by atoms with E-state index in [1.165, 1.54) is 8.61 Å². The van der Waals surface area contributed by atoms with Gasteiger partial charge in [0, 0.05) is 39.4 Å². The molecule has 0 bridgehead atoms. The Kier molecular flexibility index (Phi) is 4.56. The van der Waals surface area contributed by atoms with Gasteiger partial charge >= 0.3 is 0 Å². The lowest BCUT2D eigenvalue weighted by Gasteiger charge is -2.32. The molecule has 20 heavy (non-hydrogen) atoms. The van der Waals surface area contributed by atoms with E-state index in [0.29, 0.717) is 37.6 Å². The van der Waals surface area contributed by atoms with Crippen LogP contribution in [0.5, 0.6) is 5.88 Å². The van der Waals surface area contributed by atoms with Crippen LogP contribution in [0.15, 0.2) is 12.3 Å². The van der Waals surface area contributed by atoms with Crippen molar-refractivity contribution in [2.45, 2.75) is 25.9 Å². The van der Waals surface area contributed by atoms with Gasteiger partial charge in [-0.3, -0.25) is 0 Å². The Morgan fingerprint density at radius 3 is 2.55 bits per heavy atom. The van der Waals surface area contributed by atoms with Crippen LogP contribution in [0.25, 0.3) is 0 Å². The van der Waals surface area contributed by atoms with E-state index < -0.39 is 10.2 Å². The number of hydrogen-bond acceptors (Lipinski definition) is 5. The van der Waals surface area contributed by atoms with Crippen LogP contribution in [0, 0.1) is 6.92 Å². The molecule has 1 aliphatic heterocycles. The SMILES string of the molecule is Cc1nccc(OC2CCN(S(=O)(=O)N(C)C)CC2)n1. The van der Waals surface area contributed by atoms with Crippen molar-refractivity contribution in [1.29, 1.82) is 0 Å². The fraction of sp³-hybridized carbons (Fsp3) is 0.667. The summed E-state index contributed by atoms with van der Waals surface area (Å²) in [5.41, 5.74) is 0. The molecule has 112 valence electrons. The highest BCUT2D eigenvalue weighted by atomic mass is 32.2. The lowest BCUT2D eigenvalue weighted by molar-refractivity contribution is 0.127. The zero-order chi connectivity index (χ0) is 14.8. The van der Waals surface area contributed by atoms with Crippen LogP contribution in [0.3, 0.4) is 0 Å². The summed E-state index contributed by atoms with van der Waals surface area (Å²) in [7, 11) is -0.231. The van der Waals surface area contributed by atoms with E-state index in [4.69, 9.17) is 4.74 Å². The Labute approximate surface area is 119 Å². The molecular weight excluding hydrogens is 280 g/mol. The lowest BCUT2D eigenvalue weighted by atomic mass is 10.1. The first-order valence-electron chi connectivity index (χ1n) is 6.53. The zero-order valence-electron chi connectivity index (χ0n) is 12.0. The quantitative estimate of drug-likeness (QED) is 0.806. The van der Waals surface area contributed by atoms with Crippen LogP contribution < -0.4 is 4.74 Å². The molecule has 0 aromatic carbocycles. The van der Waals surface area contributed by atoms with Crippen LogP contribution in [0.2, 0.25) is 0 Å². The van der Waals surface area contributed by atoms with Crippen molar-refractivity contribution in [3.63, 3.8) is 0 Å². The summed E-state index contributed by atoms with van der Waals surface area (Å²) >= 11 is 0. The van der Waals surface area contributed by atoms with Gasteiger partial charge in [-0.15, -0.1) is 0 Å². The van der Waals surface area contributed by atoms with Crippen molar-refractivity contribution in [3.8, 4) is 5.88 Å². The number of nitrogens with zero attached hydrogens (tertiary/aromatic N) is 4. The minimum Gasteiger partial charge on any atom is -0.474 e. The molecule has 8 heteroatoms. The highest BCUT2D eigenvalue weighted by Gasteiger charge is 2.30. The van der Waals surface area contributed by atoms with Crippen molar-refractivity contribution in [2.24, 2.45) is 0 Å². The second-order valence-corrected chi connectivity index (χ2v) is 7.09. The molecule has 0 spiro atoms. The standard InChI is InChI=1S/C12H20N4O3S/c1-10-13-7-4-12(14-10)19-11-5-8-16(9-6-11)20(17,18)15(2)3/h4,7,11H,5-6,8-9H2,1-3H3. The van der Waals surface area contributed by atoms with Gasteiger partial charge in [-0.25, -0.2) is 4.98 Å². The van der Waals surface area contributed by atoms with Crippen molar-refractivity contribution >= 4 is 10.2 Å². The van der Waals surface area contributed by atoms with Gasteiger partial charge < -0.3 is 4.74 Å². The summed E-state index contributed by atoms with van der Waals surface area (Å²) in [6, 6.07) is 1.72. The van der Waals surface area contributed by atoms with Crippen LogP contribution in [0.4, 0.5) is 0 Å². The third kappa shape index (κ3) is 3.44. The number of ether oxygens (including phenoxy) is 1. The maximum Gasteiger partial charge on any atom is 0.281 e. The minimum absolute atomic E-state index is 0.00193. The van der Waals surface area contributed by atoms with Gasteiger partial charge in [-0.2, -0.15) is 22.0 Å². The molecule has 1 aromatic rings. The summed E-state index contributed by atoms with van der Waals surface area (Å²) in [6.45, 7) is 2.74. The second kappa shape index (κ2) is 6.02. The van der Waals surface area contributed by atoms with Gasteiger partial charge in [-0.1, -0.05) is 0 Å². The Morgan fingerprint density at radius 1 is 1.35 bits per heavy atom. The summed E-state index contributed by atoms with van der Waals surface area (Å²) in [6.07, 6.45) is 2.98. The molecule has 0 aliphatic carbocycles. The molecule has 0 atom stereocenters. The maximum absolute atomic E-state index is 12.0. The highest BCUT2D eigenvalue weighted by Crippen LogP contribution is 2.19. The van der Waals surface area contributed by atoms with Gasteiger partial charge in [0.2, 0.25) is 5.88 Å². The molecule has 1 fully saturated rings. The van der Waals surface area contributed by atoms with Crippen molar-refractivity contribution in [3.05, 3.63) is 18.1 Å². The molecule has 1 aromatic heterocycles. The molecule has 1 aliphatic rings. The lowest BCUT2D eigenvalue weighted by Crippen LogP contribution is -2.46. The molecule has 0 amide bonds. The van der Waals surface area contributed by atoms with Crippen LogP contribution >= 0.6 is 0 Å². The van der Waals surface area contributed by atoms with Gasteiger partial charge in [0.1, 0.15) is 11.9 Å². The number of aryl methyl sites for hydroxylation is 1. The first-order chi connectivity index (χ1) is 9.39.